The third-order valence-electron chi connectivity index (χ3n) is 12.1. The Kier molecular flexibility index (Phi) is 17.7. The number of carbonyl (C=O) groups is 2. The zero-order valence-corrected chi connectivity index (χ0v) is 33.2. The highest BCUT2D eigenvalue weighted by Gasteiger charge is 2.57. The Morgan fingerprint density at radius 2 is 1.09 bits per heavy atom. The van der Waals surface area contributed by atoms with Gasteiger partial charge in [0.2, 0.25) is 0 Å². The van der Waals surface area contributed by atoms with Crippen molar-refractivity contribution in [2.75, 3.05) is 13.2 Å². The Morgan fingerprint density at radius 3 is 1.68 bits per heavy atom. The van der Waals surface area contributed by atoms with Crippen LogP contribution < -0.4 is 0 Å². The number of hydrogen-bond acceptors (Lipinski definition) is 18. The summed E-state index contributed by atoms with van der Waals surface area (Å²) < 4.78 is 47.8. The largest absolute Gasteiger partial charge is 0.461 e. The smallest absolute Gasteiger partial charge is 0.314 e. The summed E-state index contributed by atoms with van der Waals surface area (Å²) in [5.74, 6) is -3.55. The molecule has 0 saturated carbocycles. The van der Waals surface area contributed by atoms with Gasteiger partial charge in [0.25, 0.3) is 0 Å². The predicted molar refractivity (Wildman–Crippen MR) is 195 cm³/mol. The molecule has 0 bridgehead atoms. The van der Waals surface area contributed by atoms with E-state index in [1.54, 1.807) is 0 Å². The van der Waals surface area contributed by atoms with Crippen molar-refractivity contribution in [3.8, 4) is 0 Å². The molecule has 57 heavy (non-hydrogen) atoms. The molecule has 330 valence electrons. The van der Waals surface area contributed by atoms with E-state index in [9.17, 15) is 50.4 Å². The second kappa shape index (κ2) is 21.8. The second-order valence-corrected chi connectivity index (χ2v) is 16.4. The van der Waals surface area contributed by atoms with Gasteiger partial charge in [-0.1, -0.05) is 71.1 Å². The fourth-order valence-electron chi connectivity index (χ4n) is 8.45. The van der Waals surface area contributed by atoms with E-state index in [1.165, 1.54) is 13.8 Å². The van der Waals surface area contributed by atoms with Crippen LogP contribution in [-0.2, 0) is 47.5 Å². The Labute approximate surface area is 333 Å². The van der Waals surface area contributed by atoms with Crippen LogP contribution in [0.1, 0.15) is 104 Å². The van der Waals surface area contributed by atoms with Crippen molar-refractivity contribution >= 4 is 11.9 Å². The van der Waals surface area contributed by atoms with Crippen LogP contribution in [0.25, 0.3) is 0 Å². The molecular weight excluding hydrogens is 756 g/mol. The van der Waals surface area contributed by atoms with Crippen LogP contribution >= 0.6 is 0 Å². The van der Waals surface area contributed by atoms with Crippen LogP contribution in [0.4, 0.5) is 0 Å². The van der Waals surface area contributed by atoms with Gasteiger partial charge in [-0.15, -0.1) is 0 Å². The van der Waals surface area contributed by atoms with Gasteiger partial charge in [0.15, 0.2) is 25.0 Å². The Hall–Kier alpha value is -1.62. The second-order valence-electron chi connectivity index (χ2n) is 16.4. The van der Waals surface area contributed by atoms with E-state index >= 15 is 0 Å². The molecule has 0 aliphatic carbocycles. The van der Waals surface area contributed by atoms with E-state index in [0.717, 1.165) is 64.2 Å². The predicted octanol–water partition coefficient (Wildman–Crippen LogP) is -0.319. The van der Waals surface area contributed by atoms with Gasteiger partial charge in [0.05, 0.1) is 31.3 Å². The van der Waals surface area contributed by atoms with Crippen molar-refractivity contribution in [1.29, 1.82) is 0 Å². The Morgan fingerprint density at radius 1 is 0.544 bits per heavy atom. The van der Waals surface area contributed by atoms with Gasteiger partial charge in [0.1, 0.15) is 73.1 Å². The number of fused-ring (bicyclic) bond motifs is 3. The van der Waals surface area contributed by atoms with Crippen molar-refractivity contribution in [3.63, 3.8) is 0 Å². The lowest BCUT2D eigenvalue weighted by Gasteiger charge is -2.49. The molecule has 8 N–H and O–H groups in total. The summed E-state index contributed by atoms with van der Waals surface area (Å²) in [6.07, 6.45) is -13.4. The minimum absolute atomic E-state index is 0.388. The number of hydrogen-bond donors (Lipinski definition) is 8. The van der Waals surface area contributed by atoms with Crippen molar-refractivity contribution in [1.82, 2.24) is 0 Å². The molecule has 5 fully saturated rings. The SMILES string of the molecule is C[C@@H]1O[C@@H](O[C@H]2[C@H](O)[C@@H](CO)O[C@H]3O[C@H]4[C@H](O[C@@H](C)CCCCCCCCCCCCC[C@@H]5OC(=O)[C@@H](C)[C@H]5C(=O)O[C@@H]32)O[C@H](CO)[C@@H](O)[C@@H]4O)[C@H](O)[C@H](O)[C@H]1O. The van der Waals surface area contributed by atoms with E-state index in [-0.39, 0.29) is 0 Å². The van der Waals surface area contributed by atoms with E-state index in [4.69, 9.17) is 37.9 Å². The van der Waals surface area contributed by atoms with Gasteiger partial charge in [-0.2, -0.15) is 0 Å². The first-order valence-corrected chi connectivity index (χ1v) is 20.9. The van der Waals surface area contributed by atoms with Crippen LogP contribution in [0.5, 0.6) is 0 Å². The lowest BCUT2D eigenvalue weighted by atomic mass is 9.89. The number of ether oxygens (including phenoxy) is 8. The average molecular weight is 823 g/mol. The van der Waals surface area contributed by atoms with E-state index < -0.39 is 141 Å². The molecule has 18 heteroatoms. The molecule has 0 aromatic rings. The molecule has 0 spiro atoms. The molecule has 0 aromatic heterocycles. The number of carbonyl (C=O) groups excluding carboxylic acids is 2. The van der Waals surface area contributed by atoms with Gasteiger partial charge in [-0.3, -0.25) is 9.59 Å². The standard InChI is InChI=1S/C39H66O18/c1-19-15-13-11-9-7-5-4-6-8-10-12-14-16-22-25(20(2)35(48)52-22)36(49)55-34-32(56-37-31(47)29(45)26(42)21(3)51-37)28(44)24(18-41)54-39(34)57-33-30(46)27(43)23(17-40)53-38(33)50-19/h19-34,37-47H,4-18H2,1-3H3/t19-,20-,21-,22-,23+,24+,25+,26-,27+,28+,29+,30-,31+,32-,33+,34+,37-,38+,39-/m0/s1. The van der Waals surface area contributed by atoms with Crippen molar-refractivity contribution in [3.05, 3.63) is 0 Å². The summed E-state index contributed by atoms with van der Waals surface area (Å²) >= 11 is 0. The topological polar surface area (TPSA) is 270 Å². The van der Waals surface area contributed by atoms with Crippen LogP contribution in [0, 0.1) is 11.8 Å². The summed E-state index contributed by atoms with van der Waals surface area (Å²) in [7, 11) is 0. The maximum absolute atomic E-state index is 14.3. The molecule has 5 saturated heterocycles. The minimum Gasteiger partial charge on any atom is -0.461 e. The highest BCUT2D eigenvalue weighted by atomic mass is 16.8. The van der Waals surface area contributed by atoms with Crippen LogP contribution in [0.2, 0.25) is 0 Å². The van der Waals surface area contributed by atoms with Gasteiger partial charge >= 0.3 is 11.9 Å². The third-order valence-corrected chi connectivity index (χ3v) is 12.1. The molecule has 5 heterocycles. The number of esters is 2. The summed E-state index contributed by atoms with van der Waals surface area (Å²) in [6, 6.07) is 0. The fourth-order valence-corrected chi connectivity index (χ4v) is 8.45. The van der Waals surface area contributed by atoms with Crippen LogP contribution in [0.15, 0.2) is 0 Å². The normalized spacial score (nSPS) is 46.7. The summed E-state index contributed by atoms with van der Waals surface area (Å²) in [6.45, 7) is 3.27. The highest BCUT2D eigenvalue weighted by Crippen LogP contribution is 2.38. The first-order chi connectivity index (χ1) is 27.3. The third kappa shape index (κ3) is 11.4. The Balaban J connectivity index is 1.49. The van der Waals surface area contributed by atoms with Crippen molar-refractivity contribution < 1.29 is 88.3 Å². The quantitative estimate of drug-likeness (QED) is 0.169. The van der Waals surface area contributed by atoms with Gasteiger partial charge in [-0.05, 0) is 33.1 Å². The molecule has 19 atom stereocenters. The molecule has 18 nitrogen and oxygen atoms in total. The number of aliphatic hydroxyl groups excluding tert-OH is 8. The molecule has 5 aliphatic rings. The lowest BCUT2D eigenvalue weighted by Crippen LogP contribution is -2.67. The number of aliphatic hydroxyl groups is 8. The van der Waals surface area contributed by atoms with E-state index in [1.807, 2.05) is 6.92 Å². The van der Waals surface area contributed by atoms with Gasteiger partial charge in [0, 0.05) is 0 Å². The van der Waals surface area contributed by atoms with Crippen LogP contribution in [-0.4, -0.2) is 170 Å². The molecule has 5 rings (SSSR count). The van der Waals surface area contributed by atoms with Crippen molar-refractivity contribution in [2.45, 2.75) is 209 Å². The first kappa shape index (κ1) is 46.4. The molecule has 5 aliphatic heterocycles. The first-order valence-electron chi connectivity index (χ1n) is 20.9. The van der Waals surface area contributed by atoms with Gasteiger partial charge < -0.3 is 78.7 Å². The van der Waals surface area contributed by atoms with Gasteiger partial charge in [-0.25, -0.2) is 0 Å². The monoisotopic (exact) mass is 822 g/mol. The van der Waals surface area contributed by atoms with E-state index in [0.29, 0.717) is 19.3 Å². The lowest BCUT2D eigenvalue weighted by molar-refractivity contribution is -0.387. The molecule has 0 unspecified atom stereocenters. The molecule has 0 aromatic carbocycles. The zero-order chi connectivity index (χ0) is 41.4. The Bertz CT molecular complexity index is 1240. The molecule has 0 radical (unpaired) electrons. The summed E-state index contributed by atoms with van der Waals surface area (Å²) in [5.41, 5.74) is 0. The molecule has 0 amide bonds. The zero-order valence-electron chi connectivity index (χ0n) is 33.2. The minimum atomic E-state index is -1.85. The van der Waals surface area contributed by atoms with E-state index in [2.05, 4.69) is 0 Å². The van der Waals surface area contributed by atoms with Crippen molar-refractivity contribution in [2.24, 2.45) is 11.8 Å². The summed E-state index contributed by atoms with van der Waals surface area (Å²) in [5, 5.41) is 85.9. The fraction of sp³-hybridized carbons (Fsp3) is 0.949. The highest BCUT2D eigenvalue weighted by molar-refractivity contribution is 5.85. The summed E-state index contributed by atoms with van der Waals surface area (Å²) in [4.78, 5) is 27.2. The van der Waals surface area contributed by atoms with Crippen LogP contribution in [0.3, 0.4) is 0 Å². The maximum Gasteiger partial charge on any atom is 0.314 e. The maximum atomic E-state index is 14.3. The average Bonchev–Trinajstić information content (AvgIpc) is 3.47. The number of rotatable bonds is 4. The molecular formula is C39H66O18.